The summed E-state index contributed by atoms with van der Waals surface area (Å²) in [6.45, 7) is 2.03. The molecule has 1 unspecified atom stereocenters. The Morgan fingerprint density at radius 2 is 2.05 bits per heavy atom. The van der Waals surface area contributed by atoms with Crippen LogP contribution in [0.2, 0.25) is 0 Å². The molecule has 4 nitrogen and oxygen atoms in total. The molecule has 1 aliphatic rings. The van der Waals surface area contributed by atoms with Crippen LogP contribution in [-0.4, -0.2) is 29.3 Å². The van der Waals surface area contributed by atoms with Gasteiger partial charge in [0, 0.05) is 19.5 Å². The summed E-state index contributed by atoms with van der Waals surface area (Å²) in [5.74, 6) is -2.28. The number of halogens is 2. The first-order chi connectivity index (χ1) is 8.97. The minimum absolute atomic E-state index is 0.162. The van der Waals surface area contributed by atoms with Crippen molar-refractivity contribution in [2.45, 2.75) is 25.9 Å². The molecule has 1 aliphatic heterocycles. The van der Waals surface area contributed by atoms with Gasteiger partial charge in [-0.3, -0.25) is 9.59 Å². The minimum Gasteiger partial charge on any atom is -0.345 e. The van der Waals surface area contributed by atoms with E-state index >= 15 is 0 Å². The second-order valence-corrected chi connectivity index (χ2v) is 4.55. The first-order valence-electron chi connectivity index (χ1n) is 5.99. The van der Waals surface area contributed by atoms with Crippen LogP contribution in [0.4, 0.5) is 8.78 Å². The lowest BCUT2D eigenvalue weighted by atomic mass is 10.2. The van der Waals surface area contributed by atoms with Gasteiger partial charge in [0.15, 0.2) is 11.6 Å². The number of hydrogen-bond acceptors (Lipinski definition) is 2. The predicted molar refractivity (Wildman–Crippen MR) is 64.0 cm³/mol. The van der Waals surface area contributed by atoms with Gasteiger partial charge in [-0.05, 0) is 24.6 Å². The Hall–Kier alpha value is -1.98. The average molecular weight is 268 g/mol. The lowest BCUT2D eigenvalue weighted by Crippen LogP contribution is -2.42. The summed E-state index contributed by atoms with van der Waals surface area (Å²) in [6, 6.07) is 2.92. The van der Waals surface area contributed by atoms with E-state index in [-0.39, 0.29) is 31.3 Å². The molecule has 1 aromatic carbocycles. The maximum Gasteiger partial charge on any atom is 0.245 e. The molecular formula is C13H14F2N2O2. The Morgan fingerprint density at radius 3 is 2.74 bits per heavy atom. The number of nitrogens with one attached hydrogen (secondary N) is 1. The first-order valence-corrected chi connectivity index (χ1v) is 5.99. The zero-order valence-corrected chi connectivity index (χ0v) is 10.5. The van der Waals surface area contributed by atoms with Crippen molar-refractivity contribution in [3.05, 3.63) is 35.4 Å². The van der Waals surface area contributed by atoms with E-state index in [9.17, 15) is 18.4 Å². The van der Waals surface area contributed by atoms with Gasteiger partial charge in [-0.15, -0.1) is 0 Å². The summed E-state index contributed by atoms with van der Waals surface area (Å²) in [7, 11) is 0. The Morgan fingerprint density at radius 1 is 1.32 bits per heavy atom. The third-order valence-electron chi connectivity index (χ3n) is 3.03. The number of hydrogen-bond donors (Lipinski definition) is 1. The smallest absolute Gasteiger partial charge is 0.245 e. The highest BCUT2D eigenvalue weighted by molar-refractivity contribution is 5.89. The van der Waals surface area contributed by atoms with Gasteiger partial charge in [0.1, 0.15) is 6.04 Å². The maximum absolute atomic E-state index is 13.1. The molecular weight excluding hydrogens is 254 g/mol. The van der Waals surface area contributed by atoms with Gasteiger partial charge in [-0.25, -0.2) is 8.78 Å². The zero-order valence-electron chi connectivity index (χ0n) is 10.5. The van der Waals surface area contributed by atoms with E-state index in [0.717, 1.165) is 12.1 Å². The number of nitrogens with zero attached hydrogens (tertiary/aromatic N) is 1. The number of carbonyl (C=O) groups is 2. The van der Waals surface area contributed by atoms with Crippen LogP contribution in [0, 0.1) is 11.6 Å². The summed E-state index contributed by atoms with van der Waals surface area (Å²) in [4.78, 5) is 24.8. The third kappa shape index (κ3) is 3.07. The van der Waals surface area contributed by atoms with Gasteiger partial charge in [0.25, 0.3) is 0 Å². The standard InChI is InChI=1S/C13H14F2N2O2/c1-8-13(19)17(5-4-12(18)16-8)7-9-2-3-10(14)11(15)6-9/h2-3,6,8H,4-5,7H2,1H3,(H,16,18). The molecule has 1 saturated heterocycles. The van der Waals surface area contributed by atoms with Crippen molar-refractivity contribution in [1.29, 1.82) is 0 Å². The Bertz CT molecular complexity index is 519. The number of rotatable bonds is 2. The van der Waals surface area contributed by atoms with Crippen LogP contribution in [0.3, 0.4) is 0 Å². The van der Waals surface area contributed by atoms with Crippen LogP contribution in [0.1, 0.15) is 18.9 Å². The van der Waals surface area contributed by atoms with Crippen LogP contribution in [0.15, 0.2) is 18.2 Å². The van der Waals surface area contributed by atoms with Crippen molar-refractivity contribution in [2.75, 3.05) is 6.54 Å². The van der Waals surface area contributed by atoms with Gasteiger partial charge >= 0.3 is 0 Å². The van der Waals surface area contributed by atoms with Crippen molar-refractivity contribution in [3.63, 3.8) is 0 Å². The molecule has 6 heteroatoms. The largest absolute Gasteiger partial charge is 0.345 e. The SMILES string of the molecule is CC1NC(=O)CCN(Cc2ccc(F)c(F)c2)C1=O. The van der Waals surface area contributed by atoms with E-state index in [1.54, 1.807) is 6.92 Å². The molecule has 1 N–H and O–H groups in total. The van der Waals surface area contributed by atoms with E-state index in [1.165, 1.54) is 11.0 Å². The number of carbonyl (C=O) groups excluding carboxylic acids is 2. The van der Waals surface area contributed by atoms with E-state index in [0.29, 0.717) is 5.56 Å². The highest BCUT2D eigenvalue weighted by Crippen LogP contribution is 2.13. The fourth-order valence-corrected chi connectivity index (χ4v) is 2.01. The minimum atomic E-state index is -0.943. The van der Waals surface area contributed by atoms with Crippen LogP contribution in [0.25, 0.3) is 0 Å². The zero-order chi connectivity index (χ0) is 14.0. The molecule has 1 fully saturated rings. The quantitative estimate of drug-likeness (QED) is 0.876. The topological polar surface area (TPSA) is 49.4 Å². The van der Waals surface area contributed by atoms with Crippen molar-refractivity contribution in [2.24, 2.45) is 0 Å². The average Bonchev–Trinajstić information content (AvgIpc) is 2.47. The third-order valence-corrected chi connectivity index (χ3v) is 3.03. The van der Waals surface area contributed by atoms with Gasteiger partial charge < -0.3 is 10.2 Å². The molecule has 0 radical (unpaired) electrons. The van der Waals surface area contributed by atoms with E-state index < -0.39 is 17.7 Å². The fourth-order valence-electron chi connectivity index (χ4n) is 2.01. The number of amides is 2. The molecule has 0 saturated carbocycles. The van der Waals surface area contributed by atoms with Crippen molar-refractivity contribution >= 4 is 11.8 Å². The van der Waals surface area contributed by atoms with Crippen LogP contribution in [0.5, 0.6) is 0 Å². The van der Waals surface area contributed by atoms with Crippen molar-refractivity contribution < 1.29 is 18.4 Å². The molecule has 2 rings (SSSR count). The van der Waals surface area contributed by atoms with E-state index in [2.05, 4.69) is 5.32 Å². The molecule has 1 atom stereocenters. The second-order valence-electron chi connectivity index (χ2n) is 4.55. The van der Waals surface area contributed by atoms with Crippen molar-refractivity contribution in [3.8, 4) is 0 Å². The first kappa shape index (κ1) is 13.5. The van der Waals surface area contributed by atoms with Crippen LogP contribution >= 0.6 is 0 Å². The van der Waals surface area contributed by atoms with Crippen LogP contribution < -0.4 is 5.32 Å². The normalized spacial score (nSPS) is 20.2. The highest BCUT2D eigenvalue weighted by Gasteiger charge is 2.26. The predicted octanol–water partition coefficient (Wildman–Crippen LogP) is 1.20. The highest BCUT2D eigenvalue weighted by atomic mass is 19.2. The molecule has 0 bridgehead atoms. The summed E-state index contributed by atoms with van der Waals surface area (Å²) in [5.41, 5.74) is 0.494. The van der Waals surface area contributed by atoms with E-state index in [4.69, 9.17) is 0 Å². The Kier molecular flexibility index (Phi) is 3.78. The van der Waals surface area contributed by atoms with Gasteiger partial charge in [-0.2, -0.15) is 0 Å². The van der Waals surface area contributed by atoms with Gasteiger partial charge in [0.2, 0.25) is 11.8 Å². The Labute approximate surface area is 109 Å². The summed E-state index contributed by atoms with van der Waals surface area (Å²) in [5, 5.41) is 2.56. The molecule has 1 heterocycles. The van der Waals surface area contributed by atoms with Crippen molar-refractivity contribution in [1.82, 2.24) is 10.2 Å². The molecule has 1 aromatic rings. The molecule has 102 valence electrons. The fraction of sp³-hybridized carbons (Fsp3) is 0.385. The molecule has 19 heavy (non-hydrogen) atoms. The van der Waals surface area contributed by atoms with Crippen LogP contribution in [-0.2, 0) is 16.1 Å². The summed E-state index contributed by atoms with van der Waals surface area (Å²) < 4.78 is 25.9. The molecule has 0 aliphatic carbocycles. The number of benzene rings is 1. The summed E-state index contributed by atoms with van der Waals surface area (Å²) in [6.07, 6.45) is 0.208. The maximum atomic E-state index is 13.1. The monoisotopic (exact) mass is 268 g/mol. The summed E-state index contributed by atoms with van der Waals surface area (Å²) >= 11 is 0. The van der Waals surface area contributed by atoms with E-state index in [1.807, 2.05) is 0 Å². The molecule has 0 aromatic heterocycles. The second kappa shape index (κ2) is 5.34. The van der Waals surface area contributed by atoms with Gasteiger partial charge in [0.05, 0.1) is 0 Å². The lowest BCUT2D eigenvalue weighted by Gasteiger charge is -2.22. The Balaban J connectivity index is 2.14. The molecule has 2 amide bonds. The molecule has 0 spiro atoms. The lowest BCUT2D eigenvalue weighted by molar-refractivity contribution is -0.133. The van der Waals surface area contributed by atoms with Gasteiger partial charge in [-0.1, -0.05) is 6.07 Å².